The van der Waals surface area contributed by atoms with E-state index in [1.165, 1.54) is 31.2 Å². The van der Waals surface area contributed by atoms with E-state index in [0.717, 1.165) is 18.4 Å². The number of sulfonamides is 1. The molecule has 0 aliphatic heterocycles. The molecule has 0 heterocycles. The van der Waals surface area contributed by atoms with Crippen LogP contribution in [0.15, 0.2) is 101 Å². The third kappa shape index (κ3) is 13.6. The molecule has 0 aliphatic carbocycles. The smallest absolute Gasteiger partial charge is 0.279 e. The molecule has 3 aromatic rings. The van der Waals surface area contributed by atoms with Crippen molar-refractivity contribution in [2.75, 3.05) is 16.5 Å². The molecule has 3 rings (SSSR count). The first-order valence-electron chi connectivity index (χ1n) is 21.4. The number of anilines is 2. The molecule has 62 heavy (non-hydrogen) atoms. The van der Waals surface area contributed by atoms with Crippen LogP contribution in [-0.4, -0.2) is 42.9 Å². The highest BCUT2D eigenvalue weighted by Gasteiger charge is 2.51. The van der Waals surface area contributed by atoms with Crippen LogP contribution >= 0.6 is 0 Å². The van der Waals surface area contributed by atoms with Gasteiger partial charge in [0.25, 0.3) is 11.8 Å². The Kier molecular flexibility index (Phi) is 17.5. The van der Waals surface area contributed by atoms with Crippen molar-refractivity contribution in [2.24, 2.45) is 42.9 Å². The van der Waals surface area contributed by atoms with Gasteiger partial charge in [-0.15, -0.1) is 5.11 Å². The number of aliphatic hydroxyl groups is 1. The Hall–Kier alpha value is -5.21. The van der Waals surface area contributed by atoms with Crippen LogP contribution in [0.5, 0.6) is 0 Å². The number of hydrogen-bond acceptors (Lipinski definition) is 9. The van der Waals surface area contributed by atoms with Crippen LogP contribution in [0.4, 0.5) is 17.1 Å². The molecule has 0 aliphatic rings. The number of primary sulfonamides is 1. The maximum atomic E-state index is 15.3. The zero-order valence-electron chi connectivity index (χ0n) is 38.4. The minimum atomic E-state index is -3.94. The molecule has 4 atom stereocenters. The zero-order chi connectivity index (χ0) is 46.7. The molecule has 338 valence electrons. The number of carbonyl (C=O) groups excluding carboxylic acids is 4. The van der Waals surface area contributed by atoms with Crippen LogP contribution in [0.2, 0.25) is 0 Å². The number of carbonyl (C=O) groups is 4. The third-order valence-electron chi connectivity index (χ3n) is 12.8. The summed E-state index contributed by atoms with van der Waals surface area (Å²) in [4.78, 5) is 55.6. The number of allylic oxidation sites excluding steroid dienone is 1. The molecule has 3 aromatic carbocycles. The van der Waals surface area contributed by atoms with Gasteiger partial charge in [-0.05, 0) is 91.3 Å². The summed E-state index contributed by atoms with van der Waals surface area (Å²) in [5.41, 5.74) is -0.310. The Morgan fingerprint density at radius 3 is 1.92 bits per heavy atom. The van der Waals surface area contributed by atoms with Crippen molar-refractivity contribution in [1.82, 2.24) is 5.32 Å². The number of amides is 3. The molecule has 3 amide bonds. The standard InChI is InChI=1S/C48H68N6O7S/c1-12-45(6,7)29-38(33-21-17-16-18-22-33)48(11,15-4)44(59)47(10,14-3)30-39(46(8,9)13-2)42(57)51-35-24-20-25-36(28-35)52-43(58)40(32(5)55)54-53-37-26-19-23-34(27-37)41(56)50-31-62(49,60)61/h16-28,38-39,55H,12-15,29-31H2,1-11H3,(H,50,56)(H,51,57)(H,52,58)(H2,49,60,61). The van der Waals surface area contributed by atoms with Gasteiger partial charge in [-0.25, -0.2) is 13.6 Å². The minimum Gasteiger partial charge on any atom is -0.510 e. The Morgan fingerprint density at radius 1 is 0.758 bits per heavy atom. The lowest BCUT2D eigenvalue weighted by molar-refractivity contribution is -0.143. The van der Waals surface area contributed by atoms with Crippen LogP contribution in [0.3, 0.4) is 0 Å². The summed E-state index contributed by atoms with van der Waals surface area (Å²) in [6.45, 7) is 22.4. The lowest BCUT2D eigenvalue weighted by Gasteiger charge is -2.46. The molecule has 0 aromatic heterocycles. The number of nitrogens with zero attached hydrogens (tertiary/aromatic N) is 2. The number of hydrogen-bond donors (Lipinski definition) is 5. The van der Waals surface area contributed by atoms with Crippen LogP contribution in [0, 0.1) is 27.6 Å². The fourth-order valence-corrected chi connectivity index (χ4v) is 7.96. The molecule has 0 saturated carbocycles. The first kappa shape index (κ1) is 51.1. The fourth-order valence-electron chi connectivity index (χ4n) is 7.63. The number of azo groups is 1. The summed E-state index contributed by atoms with van der Waals surface area (Å²) in [7, 11) is -3.94. The van der Waals surface area contributed by atoms with Crippen molar-refractivity contribution in [2.45, 2.75) is 121 Å². The zero-order valence-corrected chi connectivity index (χ0v) is 39.2. The molecule has 0 radical (unpaired) electrons. The first-order valence-corrected chi connectivity index (χ1v) is 23.1. The third-order valence-corrected chi connectivity index (χ3v) is 13.4. The molecule has 14 heteroatoms. The van der Waals surface area contributed by atoms with E-state index in [1.54, 1.807) is 24.3 Å². The lowest BCUT2D eigenvalue weighted by atomic mass is 9.56. The van der Waals surface area contributed by atoms with Crippen molar-refractivity contribution in [1.29, 1.82) is 0 Å². The Labute approximate surface area is 368 Å². The van der Waals surface area contributed by atoms with Crippen LogP contribution in [0.1, 0.15) is 137 Å². The van der Waals surface area contributed by atoms with E-state index in [1.807, 2.05) is 39.0 Å². The predicted octanol–water partition coefficient (Wildman–Crippen LogP) is 10.6. The molecular weight excluding hydrogens is 805 g/mol. The number of ketones is 1. The average molecular weight is 873 g/mol. The highest BCUT2D eigenvalue weighted by molar-refractivity contribution is 7.89. The van der Waals surface area contributed by atoms with Crippen LogP contribution in [0.25, 0.3) is 0 Å². The number of Topliss-reactive ketones (excluding diaryl/α,β-unsaturated/α-hetero) is 1. The van der Waals surface area contributed by atoms with Gasteiger partial charge in [0, 0.05) is 33.7 Å². The minimum absolute atomic E-state index is 0.00884. The maximum Gasteiger partial charge on any atom is 0.279 e. The lowest BCUT2D eigenvalue weighted by Crippen LogP contribution is -2.48. The molecule has 0 spiro atoms. The van der Waals surface area contributed by atoms with E-state index < -0.39 is 61.3 Å². The van der Waals surface area contributed by atoms with Crippen LogP contribution < -0.4 is 21.1 Å². The highest BCUT2D eigenvalue weighted by Crippen LogP contribution is 2.53. The van der Waals surface area contributed by atoms with E-state index >= 15 is 4.79 Å². The van der Waals surface area contributed by atoms with E-state index in [0.29, 0.717) is 37.1 Å². The molecule has 4 unspecified atom stereocenters. The van der Waals surface area contributed by atoms with Crippen LogP contribution in [-0.2, 0) is 24.4 Å². The van der Waals surface area contributed by atoms with E-state index in [4.69, 9.17) is 5.14 Å². The number of rotatable bonds is 22. The number of benzene rings is 3. The summed E-state index contributed by atoms with van der Waals surface area (Å²) >= 11 is 0. The summed E-state index contributed by atoms with van der Waals surface area (Å²) in [5.74, 6) is -3.34. The second-order valence-electron chi connectivity index (χ2n) is 18.3. The van der Waals surface area contributed by atoms with Crippen molar-refractivity contribution in [3.8, 4) is 0 Å². The SMILES string of the molecule is CCC(C)(C)CC(c1ccccc1)C(C)(CC)C(=O)C(C)(CC)CC(C(=O)Nc1cccc(NC(=O)C(N=Nc2cccc(C(=O)NCS(N)(=O)=O)c2)=C(C)O)c1)C(C)(C)CC. The largest absolute Gasteiger partial charge is 0.510 e. The quantitative estimate of drug-likeness (QED) is 0.0374. The maximum absolute atomic E-state index is 15.3. The summed E-state index contributed by atoms with van der Waals surface area (Å²) in [6, 6.07) is 22.7. The van der Waals surface area contributed by atoms with Gasteiger partial charge in [-0.2, -0.15) is 5.11 Å². The monoisotopic (exact) mass is 872 g/mol. The Bertz CT molecular complexity index is 2230. The highest BCUT2D eigenvalue weighted by atomic mass is 32.2. The average Bonchev–Trinajstić information content (AvgIpc) is 3.23. The first-order chi connectivity index (χ1) is 28.8. The summed E-state index contributed by atoms with van der Waals surface area (Å²) < 4.78 is 22.5. The van der Waals surface area contributed by atoms with E-state index in [9.17, 15) is 27.9 Å². The summed E-state index contributed by atoms with van der Waals surface area (Å²) in [6.07, 6.45) is 4.07. The number of nitrogens with two attached hydrogens (primary N) is 1. The molecule has 6 N–H and O–H groups in total. The van der Waals surface area contributed by atoms with Gasteiger partial charge >= 0.3 is 0 Å². The van der Waals surface area contributed by atoms with Gasteiger partial charge < -0.3 is 21.1 Å². The van der Waals surface area contributed by atoms with Gasteiger partial charge in [0.15, 0.2) is 5.70 Å². The topological polar surface area (TPSA) is 209 Å². The van der Waals surface area contributed by atoms with Crippen molar-refractivity contribution in [3.63, 3.8) is 0 Å². The second kappa shape index (κ2) is 21.2. The normalized spacial score (nSPS) is 15.7. The second-order valence-corrected chi connectivity index (χ2v) is 19.9. The van der Waals surface area contributed by atoms with Gasteiger partial charge in [0.05, 0.1) is 5.69 Å². The number of nitrogens with one attached hydrogen (secondary N) is 3. The molecule has 0 bridgehead atoms. The molecule has 0 saturated heterocycles. The van der Waals surface area contributed by atoms with Crippen molar-refractivity contribution >= 4 is 50.6 Å². The van der Waals surface area contributed by atoms with Gasteiger partial charge in [-0.3, -0.25) is 19.2 Å². The van der Waals surface area contributed by atoms with E-state index in [2.05, 4.69) is 86.8 Å². The fraction of sp³-hybridized carbons (Fsp3) is 0.500. The van der Waals surface area contributed by atoms with Crippen molar-refractivity contribution in [3.05, 3.63) is 101 Å². The molecule has 13 nitrogen and oxygen atoms in total. The van der Waals surface area contributed by atoms with Crippen molar-refractivity contribution < 1.29 is 32.7 Å². The van der Waals surface area contributed by atoms with Gasteiger partial charge in [-0.1, -0.05) is 125 Å². The molecular formula is C48H68N6O7S. The summed E-state index contributed by atoms with van der Waals surface area (Å²) in [5, 5.41) is 31.2. The molecule has 0 fully saturated rings. The van der Waals surface area contributed by atoms with Gasteiger partial charge in [0.1, 0.15) is 17.4 Å². The number of aliphatic hydroxyl groups excluding tert-OH is 1. The van der Waals surface area contributed by atoms with Gasteiger partial charge in [0.2, 0.25) is 15.9 Å². The Morgan fingerprint density at radius 2 is 1.37 bits per heavy atom. The Balaban J connectivity index is 1.88. The van der Waals surface area contributed by atoms with E-state index in [-0.39, 0.29) is 34.3 Å². The predicted molar refractivity (Wildman–Crippen MR) is 247 cm³/mol.